The van der Waals surface area contributed by atoms with Crippen molar-refractivity contribution in [3.05, 3.63) is 11.1 Å². The van der Waals surface area contributed by atoms with Crippen LogP contribution in [0.2, 0.25) is 0 Å². The van der Waals surface area contributed by atoms with Crippen LogP contribution in [-0.4, -0.2) is 60.6 Å². The molecule has 1 N–H and O–H groups in total. The van der Waals surface area contributed by atoms with Crippen LogP contribution in [0.25, 0.3) is 0 Å². The van der Waals surface area contributed by atoms with Crippen molar-refractivity contribution in [2.45, 2.75) is 39.5 Å². The highest BCUT2D eigenvalue weighted by Crippen LogP contribution is 2.31. The first-order valence-corrected chi connectivity index (χ1v) is 10.2. The quantitative estimate of drug-likeness (QED) is 0.501. The molecule has 0 aromatic heterocycles. The summed E-state index contributed by atoms with van der Waals surface area (Å²) >= 11 is 1.93. The molecule has 3 aliphatic heterocycles. The minimum Gasteiger partial charge on any atom is -0.273 e. The van der Waals surface area contributed by atoms with Crippen molar-refractivity contribution in [1.82, 2.24) is 24.3 Å². The van der Waals surface area contributed by atoms with Crippen LogP contribution in [-0.2, 0) is 19.2 Å². The zero-order valence-corrected chi connectivity index (χ0v) is 16.6. The fourth-order valence-electron chi connectivity index (χ4n) is 2.61. The molecule has 4 amide bonds. The number of carbonyl (C=O) groups is 4. The van der Waals surface area contributed by atoms with Crippen LogP contribution in [0.15, 0.2) is 16.2 Å². The van der Waals surface area contributed by atoms with Gasteiger partial charge in [0.05, 0.1) is 0 Å². The van der Waals surface area contributed by atoms with E-state index in [0.717, 1.165) is 32.5 Å². The molecule has 3 aliphatic rings. The molecule has 0 aromatic carbocycles. The lowest BCUT2D eigenvalue weighted by Gasteiger charge is -2.34. The van der Waals surface area contributed by atoms with Crippen LogP contribution in [0.3, 0.4) is 0 Å². The van der Waals surface area contributed by atoms with Crippen molar-refractivity contribution in [1.29, 1.82) is 0 Å². The Morgan fingerprint density at radius 2 is 1.41 bits per heavy atom. The van der Waals surface area contributed by atoms with Crippen molar-refractivity contribution in [2.75, 3.05) is 13.1 Å². The third kappa shape index (κ3) is 4.28. The molecule has 3 rings (SSSR count). The number of imide groups is 2. The van der Waals surface area contributed by atoms with Gasteiger partial charge in [0, 0.05) is 68.7 Å². The minimum absolute atomic E-state index is 0.194. The van der Waals surface area contributed by atoms with Crippen molar-refractivity contribution in [3.8, 4) is 0 Å². The van der Waals surface area contributed by atoms with Crippen molar-refractivity contribution in [2.24, 2.45) is 5.10 Å². The Kier molecular flexibility index (Phi) is 6.07. The van der Waals surface area contributed by atoms with E-state index >= 15 is 0 Å². The topological polar surface area (TPSA) is 106 Å². The van der Waals surface area contributed by atoms with Gasteiger partial charge in [-0.1, -0.05) is 13.8 Å². The maximum absolute atomic E-state index is 11.9. The SMILES string of the molecule is CCN(CC)N1N=C(SN2C(=O)CCC2=O)C=C(SN2C(=O)CCC2=O)N1. The number of hydrazine groups is 2. The lowest BCUT2D eigenvalue weighted by atomic mass is 10.4. The second kappa shape index (κ2) is 8.31. The molecule has 3 heterocycles. The summed E-state index contributed by atoms with van der Waals surface area (Å²) < 4.78 is 2.23. The molecule has 0 saturated carbocycles. The number of hydrogen-bond donors (Lipinski definition) is 1. The number of carbonyl (C=O) groups excluding carboxylic acids is 4. The Morgan fingerprint density at radius 3 is 1.89 bits per heavy atom. The highest BCUT2D eigenvalue weighted by atomic mass is 32.2. The zero-order valence-electron chi connectivity index (χ0n) is 15.0. The zero-order chi connectivity index (χ0) is 19.6. The van der Waals surface area contributed by atoms with Crippen LogP contribution < -0.4 is 5.43 Å². The molecule has 0 radical (unpaired) electrons. The largest absolute Gasteiger partial charge is 0.273 e. The third-order valence-corrected chi connectivity index (χ3v) is 6.01. The van der Waals surface area contributed by atoms with Crippen LogP contribution >= 0.6 is 23.9 Å². The smallest absolute Gasteiger partial charge is 0.240 e. The first-order chi connectivity index (χ1) is 12.9. The molecule has 12 heteroatoms. The van der Waals surface area contributed by atoms with E-state index in [-0.39, 0.29) is 49.3 Å². The number of hydrazone groups is 1. The van der Waals surface area contributed by atoms with Gasteiger partial charge in [0.1, 0.15) is 10.1 Å². The van der Waals surface area contributed by atoms with Gasteiger partial charge in [-0.2, -0.15) is 5.01 Å². The molecular weight excluding hydrogens is 392 g/mol. The summed E-state index contributed by atoms with van der Waals surface area (Å²) in [5.74, 6) is -1.01. The molecule has 0 aromatic rings. The Morgan fingerprint density at radius 1 is 0.926 bits per heavy atom. The fraction of sp³-hybridized carbons (Fsp3) is 0.533. The van der Waals surface area contributed by atoms with E-state index in [9.17, 15) is 19.2 Å². The second-order valence-corrected chi connectivity index (χ2v) is 7.79. The predicted octanol–water partition coefficient (Wildman–Crippen LogP) is 0.813. The highest BCUT2D eigenvalue weighted by Gasteiger charge is 2.34. The Hall–Kier alpha value is -2.05. The maximum Gasteiger partial charge on any atom is 0.240 e. The molecule has 0 atom stereocenters. The number of hydrogen-bond acceptors (Lipinski definition) is 10. The summed E-state index contributed by atoms with van der Waals surface area (Å²) in [7, 11) is 0. The molecule has 0 unspecified atom stereocenters. The number of rotatable bonds is 6. The predicted molar refractivity (Wildman–Crippen MR) is 101 cm³/mol. The molecule has 27 heavy (non-hydrogen) atoms. The van der Waals surface area contributed by atoms with Gasteiger partial charge >= 0.3 is 0 Å². The maximum atomic E-state index is 11.9. The average molecular weight is 412 g/mol. The number of nitrogens with zero attached hydrogens (tertiary/aromatic N) is 5. The van der Waals surface area contributed by atoms with Gasteiger partial charge in [-0.3, -0.25) is 24.6 Å². The summed E-state index contributed by atoms with van der Waals surface area (Å²) in [6.07, 6.45) is 2.41. The lowest BCUT2D eigenvalue weighted by molar-refractivity contribution is -0.133. The van der Waals surface area contributed by atoms with Gasteiger partial charge in [0.15, 0.2) is 0 Å². The molecule has 0 spiro atoms. The number of amides is 4. The first-order valence-electron chi connectivity index (χ1n) is 8.62. The van der Waals surface area contributed by atoms with E-state index < -0.39 is 0 Å². The van der Waals surface area contributed by atoms with Crippen molar-refractivity contribution in [3.63, 3.8) is 0 Å². The molecule has 2 fully saturated rings. The average Bonchev–Trinajstić information content (AvgIpc) is 3.13. The van der Waals surface area contributed by atoms with E-state index in [1.165, 1.54) is 5.23 Å². The summed E-state index contributed by atoms with van der Waals surface area (Å²) in [5.41, 5.74) is 3.05. The van der Waals surface area contributed by atoms with Gasteiger partial charge in [0.2, 0.25) is 23.6 Å². The van der Waals surface area contributed by atoms with Gasteiger partial charge < -0.3 is 0 Å². The molecule has 146 valence electrons. The van der Waals surface area contributed by atoms with Crippen molar-refractivity contribution < 1.29 is 19.2 Å². The van der Waals surface area contributed by atoms with Crippen LogP contribution in [0.5, 0.6) is 0 Å². The van der Waals surface area contributed by atoms with Gasteiger partial charge in [-0.05, 0) is 0 Å². The Balaban J connectivity index is 1.81. The van der Waals surface area contributed by atoms with Gasteiger partial charge in [-0.15, -0.1) is 10.3 Å². The van der Waals surface area contributed by atoms with Crippen LogP contribution in [0, 0.1) is 0 Å². The van der Waals surface area contributed by atoms with Gasteiger partial charge in [0.25, 0.3) is 0 Å². The van der Waals surface area contributed by atoms with E-state index in [0.29, 0.717) is 23.2 Å². The molecule has 0 bridgehead atoms. The summed E-state index contributed by atoms with van der Waals surface area (Å²) in [5, 5.41) is 8.72. The summed E-state index contributed by atoms with van der Waals surface area (Å²) in [4.78, 5) is 47.6. The standard InChI is InChI=1S/C15H20N6O4S2/c1-3-18(4-2)21-16-10(26-19-12(22)5-6-13(19)23)9-11(17-21)27-20-14(24)7-8-15(20)25/h9,16H,3-8H2,1-2H3. The second-order valence-electron chi connectivity index (χ2n) is 5.83. The first kappa shape index (κ1) is 19.7. The minimum atomic E-state index is -0.256. The molecule has 0 aliphatic carbocycles. The molecular formula is C15H20N6O4S2. The molecule has 2 saturated heterocycles. The lowest BCUT2D eigenvalue weighted by Crippen LogP contribution is -2.49. The molecule has 10 nitrogen and oxygen atoms in total. The highest BCUT2D eigenvalue weighted by molar-refractivity contribution is 8.13. The Bertz CT molecular complexity index is 704. The van der Waals surface area contributed by atoms with E-state index in [1.807, 2.05) is 18.9 Å². The van der Waals surface area contributed by atoms with Crippen LogP contribution in [0.1, 0.15) is 39.5 Å². The van der Waals surface area contributed by atoms with E-state index in [1.54, 1.807) is 6.08 Å². The van der Waals surface area contributed by atoms with Gasteiger partial charge in [-0.25, -0.2) is 8.61 Å². The number of nitrogens with one attached hydrogen (secondary N) is 1. The Labute approximate surface area is 165 Å². The monoisotopic (exact) mass is 412 g/mol. The third-order valence-electron chi connectivity index (χ3n) is 4.04. The normalized spacial score (nSPS) is 20.6. The fourth-order valence-corrected chi connectivity index (χ4v) is 4.42. The van der Waals surface area contributed by atoms with Crippen LogP contribution in [0.4, 0.5) is 0 Å². The summed E-state index contributed by atoms with van der Waals surface area (Å²) in [6, 6.07) is 0. The van der Waals surface area contributed by atoms with Crippen molar-refractivity contribution >= 4 is 52.6 Å². The van der Waals surface area contributed by atoms with E-state index in [4.69, 9.17) is 0 Å². The summed E-state index contributed by atoms with van der Waals surface area (Å²) in [6.45, 7) is 5.23. The van der Waals surface area contributed by atoms with E-state index in [2.05, 4.69) is 10.5 Å².